The normalized spacial score (nSPS) is 10.6. The fraction of sp³-hybridized carbons (Fsp3) is 0.444. The number of halogens is 1. The van der Waals surface area contributed by atoms with E-state index < -0.39 is 0 Å². The van der Waals surface area contributed by atoms with Crippen LogP contribution in [0.2, 0.25) is 0 Å². The molecule has 0 aliphatic heterocycles. The molecule has 2 aromatic rings. The lowest BCUT2D eigenvalue weighted by molar-refractivity contribution is 0.512. The first kappa shape index (κ1) is 11.3. The zero-order valence-electron chi connectivity index (χ0n) is 8.52. The van der Waals surface area contributed by atoms with Crippen LogP contribution in [-0.4, -0.2) is 27.6 Å². The van der Waals surface area contributed by atoms with Gasteiger partial charge in [-0.2, -0.15) is 0 Å². The third kappa shape index (κ3) is 3.18. The molecule has 0 unspecified atom stereocenters. The second kappa shape index (κ2) is 5.81. The Morgan fingerprint density at radius 3 is 3.06 bits per heavy atom. The van der Waals surface area contributed by atoms with E-state index in [2.05, 4.69) is 20.5 Å². The highest BCUT2D eigenvalue weighted by Gasteiger charge is 2.04. The van der Waals surface area contributed by atoms with Crippen LogP contribution in [0.15, 0.2) is 15.3 Å². The zero-order chi connectivity index (χ0) is 11.2. The van der Waals surface area contributed by atoms with Crippen LogP contribution in [0, 0.1) is 0 Å². The minimum absolute atomic E-state index is 0.440. The lowest BCUT2D eigenvalue weighted by Crippen LogP contribution is -2.05. The summed E-state index contributed by atoms with van der Waals surface area (Å²) in [7, 11) is 0. The minimum Gasteiger partial charge on any atom is -0.408 e. The summed E-state index contributed by atoms with van der Waals surface area (Å²) in [6.07, 6.45) is 1.44. The molecule has 0 fully saturated rings. The Labute approximate surface area is 102 Å². The number of aryl methyl sites for hydroxylation is 1. The van der Waals surface area contributed by atoms with Crippen LogP contribution in [0.5, 0.6) is 0 Å². The van der Waals surface area contributed by atoms with Gasteiger partial charge in [0.05, 0.1) is 11.2 Å². The molecular weight excluding hydrogens is 248 g/mol. The van der Waals surface area contributed by atoms with Gasteiger partial charge in [-0.05, 0) is 0 Å². The predicted octanol–water partition coefficient (Wildman–Crippen LogP) is 1.96. The molecule has 0 saturated carbocycles. The van der Waals surface area contributed by atoms with Crippen molar-refractivity contribution in [2.45, 2.75) is 12.8 Å². The van der Waals surface area contributed by atoms with Gasteiger partial charge in [-0.15, -0.1) is 28.0 Å². The molecule has 7 heteroatoms. The van der Waals surface area contributed by atoms with E-state index in [0.29, 0.717) is 24.2 Å². The monoisotopic (exact) mass is 258 g/mol. The van der Waals surface area contributed by atoms with Gasteiger partial charge in [0, 0.05) is 30.6 Å². The van der Waals surface area contributed by atoms with Gasteiger partial charge in [0.25, 0.3) is 0 Å². The number of hydrogen-bond donors (Lipinski definition) is 1. The number of nitrogens with zero attached hydrogens (tertiary/aromatic N) is 3. The van der Waals surface area contributed by atoms with E-state index >= 15 is 0 Å². The van der Waals surface area contributed by atoms with Crippen LogP contribution in [0.4, 0.5) is 6.01 Å². The Balaban J connectivity index is 1.76. The van der Waals surface area contributed by atoms with Crippen molar-refractivity contribution in [1.82, 2.24) is 15.2 Å². The smallest absolute Gasteiger partial charge is 0.315 e. The molecule has 2 rings (SSSR count). The minimum atomic E-state index is 0.440. The number of aromatic nitrogens is 3. The molecule has 2 aromatic heterocycles. The Morgan fingerprint density at radius 1 is 1.38 bits per heavy atom. The topological polar surface area (TPSA) is 63.8 Å². The van der Waals surface area contributed by atoms with Crippen LogP contribution < -0.4 is 5.32 Å². The standard InChI is InChI=1S/C9H11ClN4OS/c10-3-1-8-13-14-9(15-8)11-4-2-7-5-16-6-12-7/h5-6H,1-4H2,(H,11,14). The number of rotatable bonds is 6. The van der Waals surface area contributed by atoms with Gasteiger partial charge in [0.1, 0.15) is 0 Å². The highest BCUT2D eigenvalue weighted by molar-refractivity contribution is 7.07. The highest BCUT2D eigenvalue weighted by atomic mass is 35.5. The van der Waals surface area contributed by atoms with Gasteiger partial charge in [-0.25, -0.2) is 4.98 Å². The molecule has 0 aromatic carbocycles. The number of thiazole rings is 1. The van der Waals surface area contributed by atoms with Crippen LogP contribution in [0.25, 0.3) is 0 Å². The molecular formula is C9H11ClN4OS. The first-order chi connectivity index (χ1) is 7.88. The molecule has 16 heavy (non-hydrogen) atoms. The number of nitrogens with one attached hydrogen (secondary N) is 1. The van der Waals surface area contributed by atoms with Crippen molar-refractivity contribution in [3.8, 4) is 0 Å². The lowest BCUT2D eigenvalue weighted by Gasteiger charge is -1.97. The first-order valence-electron chi connectivity index (χ1n) is 4.88. The molecule has 86 valence electrons. The van der Waals surface area contributed by atoms with Crippen molar-refractivity contribution in [3.05, 3.63) is 22.5 Å². The molecule has 0 atom stereocenters. The van der Waals surface area contributed by atoms with E-state index in [1.165, 1.54) is 0 Å². The lowest BCUT2D eigenvalue weighted by atomic mass is 10.3. The fourth-order valence-electron chi connectivity index (χ4n) is 1.17. The SMILES string of the molecule is ClCCc1nnc(NCCc2cscn2)o1. The molecule has 5 nitrogen and oxygen atoms in total. The molecule has 0 spiro atoms. The van der Waals surface area contributed by atoms with E-state index in [1.54, 1.807) is 11.3 Å². The maximum absolute atomic E-state index is 5.56. The summed E-state index contributed by atoms with van der Waals surface area (Å²) < 4.78 is 5.31. The summed E-state index contributed by atoms with van der Waals surface area (Å²) in [4.78, 5) is 4.18. The summed E-state index contributed by atoms with van der Waals surface area (Å²) in [5, 5.41) is 12.8. The second-order valence-corrected chi connectivity index (χ2v) is 4.19. The maximum Gasteiger partial charge on any atom is 0.315 e. The van der Waals surface area contributed by atoms with Crippen LogP contribution in [0.1, 0.15) is 11.6 Å². The molecule has 0 saturated heterocycles. The predicted molar refractivity (Wildman–Crippen MR) is 63.0 cm³/mol. The van der Waals surface area contributed by atoms with Crippen LogP contribution in [-0.2, 0) is 12.8 Å². The van der Waals surface area contributed by atoms with Gasteiger partial charge in [-0.1, -0.05) is 5.10 Å². The van der Waals surface area contributed by atoms with E-state index in [-0.39, 0.29) is 0 Å². The van der Waals surface area contributed by atoms with E-state index in [9.17, 15) is 0 Å². The molecule has 1 N–H and O–H groups in total. The Bertz CT molecular complexity index is 417. The first-order valence-corrected chi connectivity index (χ1v) is 6.35. The van der Waals surface area contributed by atoms with Crippen molar-refractivity contribution < 1.29 is 4.42 Å². The van der Waals surface area contributed by atoms with Crippen LogP contribution in [0.3, 0.4) is 0 Å². The molecule has 0 aliphatic carbocycles. The quantitative estimate of drug-likeness (QED) is 0.803. The number of hydrogen-bond acceptors (Lipinski definition) is 6. The second-order valence-electron chi connectivity index (χ2n) is 3.10. The Kier molecular flexibility index (Phi) is 4.12. The Morgan fingerprint density at radius 2 is 2.31 bits per heavy atom. The summed E-state index contributed by atoms with van der Waals surface area (Å²) in [6.45, 7) is 0.728. The van der Waals surface area contributed by atoms with Gasteiger partial charge < -0.3 is 9.73 Å². The van der Waals surface area contributed by atoms with E-state index in [0.717, 1.165) is 18.7 Å². The van der Waals surface area contributed by atoms with Gasteiger partial charge >= 0.3 is 6.01 Å². The molecule has 0 aliphatic rings. The number of alkyl halides is 1. The van der Waals surface area contributed by atoms with E-state index in [4.69, 9.17) is 16.0 Å². The highest BCUT2D eigenvalue weighted by Crippen LogP contribution is 2.07. The molecule has 0 amide bonds. The molecule has 2 heterocycles. The summed E-state index contributed by atoms with van der Waals surface area (Å²) in [5.41, 5.74) is 2.89. The maximum atomic E-state index is 5.56. The van der Waals surface area contributed by atoms with Gasteiger partial charge in [0.2, 0.25) is 5.89 Å². The average molecular weight is 259 g/mol. The summed E-state index contributed by atoms with van der Waals surface area (Å²) >= 11 is 7.15. The van der Waals surface area contributed by atoms with Gasteiger partial charge in [-0.3, -0.25) is 0 Å². The fourth-order valence-corrected chi connectivity index (χ4v) is 1.92. The summed E-state index contributed by atoms with van der Waals surface area (Å²) in [6, 6.07) is 0.440. The zero-order valence-corrected chi connectivity index (χ0v) is 10.1. The van der Waals surface area contributed by atoms with Crippen LogP contribution >= 0.6 is 22.9 Å². The van der Waals surface area contributed by atoms with Crippen molar-refractivity contribution in [2.75, 3.05) is 17.7 Å². The van der Waals surface area contributed by atoms with Crippen molar-refractivity contribution in [3.63, 3.8) is 0 Å². The van der Waals surface area contributed by atoms with Crippen molar-refractivity contribution in [2.24, 2.45) is 0 Å². The number of anilines is 1. The third-order valence-corrected chi connectivity index (χ3v) is 2.74. The van der Waals surface area contributed by atoms with Gasteiger partial charge in [0.15, 0.2) is 0 Å². The van der Waals surface area contributed by atoms with Crippen molar-refractivity contribution >= 4 is 29.0 Å². The largest absolute Gasteiger partial charge is 0.408 e. The average Bonchev–Trinajstić information content (AvgIpc) is 2.90. The molecule has 0 radical (unpaired) electrons. The van der Waals surface area contributed by atoms with E-state index in [1.807, 2.05) is 10.9 Å². The molecule has 0 bridgehead atoms. The van der Waals surface area contributed by atoms with Crippen molar-refractivity contribution in [1.29, 1.82) is 0 Å². The third-order valence-electron chi connectivity index (χ3n) is 1.92. The Hall–Kier alpha value is -1.14. The summed E-state index contributed by atoms with van der Waals surface area (Å²) in [5.74, 6) is 1.05.